The molecule has 0 saturated heterocycles. The van der Waals surface area contributed by atoms with Gasteiger partial charge < -0.3 is 5.11 Å². The Hall–Kier alpha value is -1.33. The van der Waals surface area contributed by atoms with E-state index in [1.807, 2.05) is 24.3 Å². The van der Waals surface area contributed by atoms with Crippen molar-refractivity contribution < 1.29 is 5.11 Å². The molecule has 0 fully saturated rings. The minimum atomic E-state index is -0.124. The Bertz CT molecular complexity index is 545. The predicted octanol–water partition coefficient (Wildman–Crippen LogP) is 1.46. The van der Waals surface area contributed by atoms with Gasteiger partial charge in [-0.1, -0.05) is 12.1 Å². The van der Waals surface area contributed by atoms with Gasteiger partial charge in [-0.25, -0.2) is 4.68 Å². The lowest BCUT2D eigenvalue weighted by Crippen LogP contribution is -2.18. The van der Waals surface area contributed by atoms with Gasteiger partial charge in [0.1, 0.15) is 0 Å². The standard InChI is InChI=1S/C11H11BrN2O2/c12-9-3-1-2-4-10(9)14-11(16)8(5-6-15)7-13-14/h1-4,7,13,15H,5-6H2. The summed E-state index contributed by atoms with van der Waals surface area (Å²) in [6.07, 6.45) is 1.99. The van der Waals surface area contributed by atoms with E-state index in [9.17, 15) is 4.79 Å². The van der Waals surface area contributed by atoms with Crippen LogP contribution in [0.2, 0.25) is 0 Å². The maximum Gasteiger partial charge on any atom is 0.274 e. The van der Waals surface area contributed by atoms with Crippen molar-refractivity contribution in [2.24, 2.45) is 0 Å². The van der Waals surface area contributed by atoms with Crippen molar-refractivity contribution >= 4 is 15.9 Å². The van der Waals surface area contributed by atoms with Crippen LogP contribution in [-0.4, -0.2) is 21.5 Å². The largest absolute Gasteiger partial charge is 0.396 e. The topological polar surface area (TPSA) is 58.0 Å². The van der Waals surface area contributed by atoms with Crippen LogP contribution in [0.3, 0.4) is 0 Å². The zero-order valence-corrected chi connectivity index (χ0v) is 10.1. The highest BCUT2D eigenvalue weighted by molar-refractivity contribution is 9.10. The van der Waals surface area contributed by atoms with Gasteiger partial charge in [-0.15, -0.1) is 0 Å². The Kier molecular flexibility index (Phi) is 3.26. The van der Waals surface area contributed by atoms with Crippen molar-refractivity contribution in [2.75, 3.05) is 6.61 Å². The third-order valence-electron chi connectivity index (χ3n) is 2.32. The highest BCUT2D eigenvalue weighted by Gasteiger charge is 2.08. The normalized spacial score (nSPS) is 10.6. The zero-order valence-electron chi connectivity index (χ0n) is 8.48. The number of aromatic amines is 1. The summed E-state index contributed by atoms with van der Waals surface area (Å²) in [6.45, 7) is -0.0247. The van der Waals surface area contributed by atoms with E-state index in [4.69, 9.17) is 5.11 Å². The number of para-hydroxylation sites is 1. The van der Waals surface area contributed by atoms with E-state index in [1.165, 1.54) is 4.68 Å². The number of nitrogens with zero attached hydrogens (tertiary/aromatic N) is 1. The summed E-state index contributed by atoms with van der Waals surface area (Å²) in [4.78, 5) is 11.9. The minimum Gasteiger partial charge on any atom is -0.396 e. The Morgan fingerprint density at radius 3 is 2.81 bits per heavy atom. The predicted molar refractivity (Wildman–Crippen MR) is 64.9 cm³/mol. The molecular weight excluding hydrogens is 272 g/mol. The van der Waals surface area contributed by atoms with Crippen LogP contribution >= 0.6 is 15.9 Å². The summed E-state index contributed by atoms with van der Waals surface area (Å²) in [5.74, 6) is 0. The molecule has 5 heteroatoms. The number of rotatable bonds is 3. The molecule has 0 spiro atoms. The molecule has 2 rings (SSSR count). The lowest BCUT2D eigenvalue weighted by atomic mass is 10.2. The third kappa shape index (κ3) is 1.96. The molecule has 1 heterocycles. The molecule has 84 valence electrons. The number of hydrogen-bond donors (Lipinski definition) is 2. The zero-order chi connectivity index (χ0) is 11.5. The number of benzene rings is 1. The molecule has 0 amide bonds. The Balaban J connectivity index is 2.50. The summed E-state index contributed by atoms with van der Waals surface area (Å²) >= 11 is 3.39. The van der Waals surface area contributed by atoms with E-state index in [1.54, 1.807) is 6.20 Å². The fraction of sp³-hybridized carbons (Fsp3) is 0.182. The molecule has 16 heavy (non-hydrogen) atoms. The van der Waals surface area contributed by atoms with Gasteiger partial charge in [0.2, 0.25) is 0 Å². The second kappa shape index (κ2) is 4.67. The highest BCUT2D eigenvalue weighted by atomic mass is 79.9. The second-order valence-corrected chi connectivity index (χ2v) is 4.22. The first kappa shape index (κ1) is 11.2. The number of aliphatic hydroxyl groups is 1. The van der Waals surface area contributed by atoms with E-state index in [-0.39, 0.29) is 12.2 Å². The van der Waals surface area contributed by atoms with Crippen molar-refractivity contribution in [1.29, 1.82) is 0 Å². The number of nitrogens with one attached hydrogen (secondary N) is 1. The van der Waals surface area contributed by atoms with Gasteiger partial charge >= 0.3 is 0 Å². The average molecular weight is 283 g/mol. The molecule has 0 radical (unpaired) electrons. The number of H-pyrrole nitrogens is 1. The average Bonchev–Trinajstić information content (AvgIpc) is 2.62. The smallest absolute Gasteiger partial charge is 0.274 e. The van der Waals surface area contributed by atoms with Gasteiger partial charge in [0, 0.05) is 29.3 Å². The molecular formula is C11H11BrN2O2. The van der Waals surface area contributed by atoms with Gasteiger partial charge in [-0.05, 0) is 28.1 Å². The second-order valence-electron chi connectivity index (χ2n) is 3.36. The van der Waals surface area contributed by atoms with E-state index in [0.29, 0.717) is 12.0 Å². The van der Waals surface area contributed by atoms with Gasteiger partial charge in [0.15, 0.2) is 0 Å². The summed E-state index contributed by atoms with van der Waals surface area (Å²) in [5.41, 5.74) is 1.22. The summed E-state index contributed by atoms with van der Waals surface area (Å²) in [5, 5.41) is 11.7. The van der Waals surface area contributed by atoms with Gasteiger partial charge in [-0.2, -0.15) is 0 Å². The number of halogens is 1. The Morgan fingerprint density at radius 1 is 1.38 bits per heavy atom. The van der Waals surface area contributed by atoms with E-state index in [0.717, 1.165) is 10.2 Å². The van der Waals surface area contributed by atoms with Crippen molar-refractivity contribution in [2.45, 2.75) is 6.42 Å². The monoisotopic (exact) mass is 282 g/mol. The van der Waals surface area contributed by atoms with Crippen LogP contribution in [0, 0.1) is 0 Å². The Labute approximate surface area is 101 Å². The minimum absolute atomic E-state index is 0.0247. The fourth-order valence-electron chi connectivity index (χ4n) is 1.52. The van der Waals surface area contributed by atoms with Crippen LogP contribution in [0.25, 0.3) is 5.69 Å². The van der Waals surface area contributed by atoms with Crippen LogP contribution in [0.1, 0.15) is 5.56 Å². The van der Waals surface area contributed by atoms with Crippen molar-refractivity contribution in [3.63, 3.8) is 0 Å². The molecule has 0 unspecified atom stereocenters. The van der Waals surface area contributed by atoms with E-state index < -0.39 is 0 Å². The lowest BCUT2D eigenvalue weighted by molar-refractivity contribution is 0.299. The fourth-order valence-corrected chi connectivity index (χ4v) is 1.98. The van der Waals surface area contributed by atoms with Crippen LogP contribution in [0.4, 0.5) is 0 Å². The molecule has 0 atom stereocenters. The molecule has 0 aliphatic rings. The molecule has 0 aliphatic carbocycles. The quantitative estimate of drug-likeness (QED) is 0.896. The molecule has 2 N–H and O–H groups in total. The molecule has 1 aromatic carbocycles. The molecule has 2 aromatic rings. The number of aromatic nitrogens is 2. The first-order valence-corrected chi connectivity index (χ1v) is 5.68. The maximum atomic E-state index is 11.9. The van der Waals surface area contributed by atoms with Crippen molar-refractivity contribution in [1.82, 2.24) is 9.78 Å². The summed E-state index contributed by atoms with van der Waals surface area (Å²) in [7, 11) is 0. The molecule has 0 saturated carbocycles. The molecule has 0 bridgehead atoms. The van der Waals surface area contributed by atoms with E-state index >= 15 is 0 Å². The lowest BCUT2D eigenvalue weighted by Gasteiger charge is -2.03. The number of aliphatic hydroxyl groups excluding tert-OH is 1. The first-order chi connectivity index (χ1) is 7.74. The first-order valence-electron chi connectivity index (χ1n) is 4.89. The summed E-state index contributed by atoms with van der Waals surface area (Å²) in [6, 6.07) is 7.45. The van der Waals surface area contributed by atoms with Crippen LogP contribution in [-0.2, 0) is 6.42 Å². The van der Waals surface area contributed by atoms with Crippen LogP contribution in [0.15, 0.2) is 39.7 Å². The van der Waals surface area contributed by atoms with Crippen LogP contribution in [0.5, 0.6) is 0 Å². The highest BCUT2D eigenvalue weighted by Crippen LogP contribution is 2.18. The van der Waals surface area contributed by atoms with Gasteiger partial charge in [0.05, 0.1) is 5.69 Å². The molecule has 4 nitrogen and oxygen atoms in total. The molecule has 1 aromatic heterocycles. The van der Waals surface area contributed by atoms with Crippen molar-refractivity contribution in [3.8, 4) is 5.69 Å². The van der Waals surface area contributed by atoms with E-state index in [2.05, 4.69) is 21.0 Å². The van der Waals surface area contributed by atoms with Gasteiger partial charge in [-0.3, -0.25) is 9.89 Å². The number of hydrogen-bond acceptors (Lipinski definition) is 2. The molecule has 0 aliphatic heterocycles. The van der Waals surface area contributed by atoms with Gasteiger partial charge in [0.25, 0.3) is 5.56 Å². The maximum absolute atomic E-state index is 11.9. The van der Waals surface area contributed by atoms with Crippen molar-refractivity contribution in [3.05, 3.63) is 50.9 Å². The Morgan fingerprint density at radius 2 is 2.12 bits per heavy atom. The van der Waals surface area contributed by atoms with Crippen LogP contribution < -0.4 is 5.56 Å². The summed E-state index contributed by atoms with van der Waals surface area (Å²) < 4.78 is 2.30. The third-order valence-corrected chi connectivity index (χ3v) is 2.99. The SMILES string of the molecule is O=c1c(CCO)c[nH]n1-c1ccccc1Br.